The Hall–Kier alpha value is -2.11. The van der Waals surface area contributed by atoms with Gasteiger partial charge in [-0.15, -0.1) is 0 Å². The summed E-state index contributed by atoms with van der Waals surface area (Å²) in [6, 6.07) is 6.88. The number of anilines is 1. The predicted molar refractivity (Wildman–Crippen MR) is 69.9 cm³/mol. The zero-order chi connectivity index (χ0) is 15.6. The molecule has 0 unspecified atom stereocenters. The Balaban J connectivity index is 2.19. The summed E-state index contributed by atoms with van der Waals surface area (Å²) in [7, 11) is 0. The van der Waals surface area contributed by atoms with E-state index in [1.165, 1.54) is 18.2 Å². The van der Waals surface area contributed by atoms with Crippen LogP contribution < -0.4 is 5.32 Å². The molecule has 0 saturated heterocycles. The highest BCUT2D eigenvalue weighted by Crippen LogP contribution is 2.32. The third-order valence-corrected chi connectivity index (χ3v) is 3.02. The number of rotatable bonds is 3. The Morgan fingerprint density at radius 3 is 2.38 bits per heavy atom. The average molecular weight is 301 g/mol. The molecular formula is C15H12F5N. The molecule has 0 saturated carbocycles. The lowest BCUT2D eigenvalue weighted by molar-refractivity contribution is -0.140. The topological polar surface area (TPSA) is 12.0 Å². The maximum Gasteiger partial charge on any atom is 0.419 e. The van der Waals surface area contributed by atoms with E-state index in [0.717, 1.165) is 17.7 Å². The molecule has 21 heavy (non-hydrogen) atoms. The van der Waals surface area contributed by atoms with Gasteiger partial charge >= 0.3 is 6.18 Å². The number of hydrogen-bond acceptors (Lipinski definition) is 1. The molecule has 0 heterocycles. The second-order valence-corrected chi connectivity index (χ2v) is 4.62. The zero-order valence-electron chi connectivity index (χ0n) is 11.1. The van der Waals surface area contributed by atoms with Crippen molar-refractivity contribution in [2.45, 2.75) is 19.6 Å². The van der Waals surface area contributed by atoms with Crippen LogP contribution in [0.5, 0.6) is 0 Å². The normalized spacial score (nSPS) is 11.5. The average Bonchev–Trinajstić information content (AvgIpc) is 2.40. The fraction of sp³-hybridized carbons (Fsp3) is 0.200. The van der Waals surface area contributed by atoms with Crippen molar-refractivity contribution in [1.29, 1.82) is 0 Å². The Morgan fingerprint density at radius 1 is 1.00 bits per heavy atom. The molecule has 1 N–H and O–H groups in total. The minimum Gasteiger partial charge on any atom is -0.381 e. The first-order chi connectivity index (χ1) is 9.77. The predicted octanol–water partition coefficient (Wildman–Crippen LogP) is 4.90. The lowest BCUT2D eigenvalue weighted by atomic mass is 10.1. The monoisotopic (exact) mass is 301 g/mol. The van der Waals surface area contributed by atoms with Crippen LogP contribution in [0.2, 0.25) is 0 Å². The Kier molecular flexibility index (Phi) is 4.16. The van der Waals surface area contributed by atoms with E-state index in [-0.39, 0.29) is 12.1 Å². The summed E-state index contributed by atoms with van der Waals surface area (Å²) >= 11 is 0. The van der Waals surface area contributed by atoms with E-state index in [0.29, 0.717) is 5.69 Å². The van der Waals surface area contributed by atoms with E-state index in [2.05, 4.69) is 5.32 Å². The van der Waals surface area contributed by atoms with Crippen molar-refractivity contribution >= 4 is 5.69 Å². The molecule has 0 atom stereocenters. The molecule has 0 fully saturated rings. The number of alkyl halides is 3. The molecule has 2 aromatic carbocycles. The van der Waals surface area contributed by atoms with E-state index in [1.807, 2.05) is 0 Å². The maximum atomic E-state index is 13.2. The van der Waals surface area contributed by atoms with Crippen LogP contribution in [0.4, 0.5) is 27.6 Å². The van der Waals surface area contributed by atoms with Gasteiger partial charge in [-0.25, -0.2) is 8.78 Å². The van der Waals surface area contributed by atoms with Crippen LogP contribution in [0, 0.1) is 18.6 Å². The number of aryl methyl sites for hydroxylation is 1. The van der Waals surface area contributed by atoms with Gasteiger partial charge in [0.15, 0.2) is 0 Å². The van der Waals surface area contributed by atoms with Crippen molar-refractivity contribution in [3.05, 3.63) is 64.7 Å². The van der Waals surface area contributed by atoms with E-state index in [9.17, 15) is 22.0 Å². The molecular weight excluding hydrogens is 289 g/mol. The number of nitrogens with one attached hydrogen (secondary N) is 1. The van der Waals surface area contributed by atoms with Gasteiger partial charge < -0.3 is 5.32 Å². The van der Waals surface area contributed by atoms with Gasteiger partial charge in [0.2, 0.25) is 0 Å². The van der Waals surface area contributed by atoms with Gasteiger partial charge in [-0.05, 0) is 42.3 Å². The SMILES string of the molecule is Cc1ccc(F)cc1NCc1ccc(F)c(C(F)(F)F)c1. The van der Waals surface area contributed by atoms with Crippen molar-refractivity contribution in [2.24, 2.45) is 0 Å². The van der Waals surface area contributed by atoms with Crippen LogP contribution in [-0.4, -0.2) is 0 Å². The number of hydrogen-bond donors (Lipinski definition) is 1. The molecule has 2 aromatic rings. The highest BCUT2D eigenvalue weighted by Gasteiger charge is 2.34. The molecule has 0 aliphatic heterocycles. The van der Waals surface area contributed by atoms with E-state index in [4.69, 9.17) is 0 Å². The summed E-state index contributed by atoms with van der Waals surface area (Å²) in [6.45, 7) is 1.78. The summed E-state index contributed by atoms with van der Waals surface area (Å²) < 4.78 is 64.1. The van der Waals surface area contributed by atoms with Crippen LogP contribution >= 0.6 is 0 Å². The van der Waals surface area contributed by atoms with Gasteiger partial charge in [-0.1, -0.05) is 12.1 Å². The fourth-order valence-electron chi connectivity index (χ4n) is 1.88. The Bertz CT molecular complexity index is 649. The summed E-state index contributed by atoms with van der Waals surface area (Å²) in [4.78, 5) is 0. The molecule has 6 heteroatoms. The van der Waals surface area contributed by atoms with Gasteiger partial charge in [-0.2, -0.15) is 13.2 Å². The second-order valence-electron chi connectivity index (χ2n) is 4.62. The first kappa shape index (κ1) is 15.3. The molecule has 112 valence electrons. The number of benzene rings is 2. The highest BCUT2D eigenvalue weighted by molar-refractivity contribution is 5.51. The fourth-order valence-corrected chi connectivity index (χ4v) is 1.88. The number of halogens is 5. The third-order valence-electron chi connectivity index (χ3n) is 3.02. The van der Waals surface area contributed by atoms with Crippen LogP contribution in [-0.2, 0) is 12.7 Å². The Labute approximate surface area is 118 Å². The summed E-state index contributed by atoms with van der Waals surface area (Å²) in [5.41, 5.74) is 0.188. The van der Waals surface area contributed by atoms with E-state index < -0.39 is 23.4 Å². The van der Waals surface area contributed by atoms with Gasteiger partial charge in [0, 0.05) is 12.2 Å². The van der Waals surface area contributed by atoms with Gasteiger partial charge in [0.05, 0.1) is 5.56 Å². The zero-order valence-corrected chi connectivity index (χ0v) is 11.1. The van der Waals surface area contributed by atoms with Crippen LogP contribution in [0.1, 0.15) is 16.7 Å². The van der Waals surface area contributed by atoms with Crippen molar-refractivity contribution < 1.29 is 22.0 Å². The summed E-state index contributed by atoms with van der Waals surface area (Å²) in [5.74, 6) is -1.76. The minimum atomic E-state index is -4.74. The van der Waals surface area contributed by atoms with E-state index >= 15 is 0 Å². The Morgan fingerprint density at radius 2 is 1.71 bits per heavy atom. The standard InChI is InChI=1S/C15H12F5N/c1-9-2-4-11(16)7-14(9)21-8-10-3-5-13(17)12(6-10)15(18,19)20/h2-7,21H,8H2,1H3. The second kappa shape index (κ2) is 5.71. The molecule has 0 amide bonds. The quantitative estimate of drug-likeness (QED) is 0.795. The van der Waals surface area contributed by atoms with Gasteiger partial charge in [0.25, 0.3) is 0 Å². The third kappa shape index (κ3) is 3.71. The minimum absolute atomic E-state index is 0.0354. The molecule has 2 rings (SSSR count). The van der Waals surface area contributed by atoms with Crippen molar-refractivity contribution in [2.75, 3.05) is 5.32 Å². The van der Waals surface area contributed by atoms with Crippen LogP contribution in [0.3, 0.4) is 0 Å². The maximum absolute atomic E-state index is 13.2. The summed E-state index contributed by atoms with van der Waals surface area (Å²) in [5, 5.41) is 2.84. The first-order valence-electron chi connectivity index (χ1n) is 6.13. The van der Waals surface area contributed by atoms with Crippen LogP contribution in [0.15, 0.2) is 36.4 Å². The highest BCUT2D eigenvalue weighted by atomic mass is 19.4. The molecule has 1 nitrogen and oxygen atoms in total. The lowest BCUT2D eigenvalue weighted by Crippen LogP contribution is -2.10. The molecule has 0 aliphatic rings. The van der Waals surface area contributed by atoms with Crippen LogP contribution in [0.25, 0.3) is 0 Å². The largest absolute Gasteiger partial charge is 0.419 e. The summed E-state index contributed by atoms with van der Waals surface area (Å²) in [6.07, 6.45) is -4.74. The lowest BCUT2D eigenvalue weighted by Gasteiger charge is -2.12. The molecule has 0 bridgehead atoms. The van der Waals surface area contributed by atoms with Gasteiger partial charge in [-0.3, -0.25) is 0 Å². The van der Waals surface area contributed by atoms with E-state index in [1.54, 1.807) is 13.0 Å². The smallest absolute Gasteiger partial charge is 0.381 e. The molecule has 0 aliphatic carbocycles. The molecule has 0 radical (unpaired) electrons. The van der Waals surface area contributed by atoms with Crippen molar-refractivity contribution in [1.82, 2.24) is 0 Å². The molecule has 0 spiro atoms. The van der Waals surface area contributed by atoms with Crippen molar-refractivity contribution in [3.63, 3.8) is 0 Å². The molecule has 0 aromatic heterocycles. The van der Waals surface area contributed by atoms with Crippen molar-refractivity contribution in [3.8, 4) is 0 Å². The first-order valence-corrected chi connectivity index (χ1v) is 6.13. The van der Waals surface area contributed by atoms with Gasteiger partial charge in [0.1, 0.15) is 11.6 Å².